The van der Waals surface area contributed by atoms with E-state index in [-0.39, 0.29) is 24.4 Å². The Morgan fingerprint density at radius 3 is 2.52 bits per heavy atom. The van der Waals surface area contributed by atoms with Crippen LogP contribution >= 0.6 is 24.0 Å². The summed E-state index contributed by atoms with van der Waals surface area (Å²) >= 11 is 6.01. The fourth-order valence-electron chi connectivity index (χ4n) is 3.53. The van der Waals surface area contributed by atoms with Gasteiger partial charge in [-0.25, -0.2) is 0 Å². The van der Waals surface area contributed by atoms with Gasteiger partial charge in [0.1, 0.15) is 0 Å². The Kier molecular flexibility index (Phi) is 6.75. The van der Waals surface area contributed by atoms with Gasteiger partial charge in [-0.1, -0.05) is 43.5 Å². The Bertz CT molecular complexity index is 516. The third-order valence-electron chi connectivity index (χ3n) is 5.20. The molecule has 1 N–H and O–H groups in total. The highest BCUT2D eigenvalue weighted by molar-refractivity contribution is 6.30. The molecular weight excluding hydrogens is 331 g/mol. The smallest absolute Gasteiger partial charge is 0.226 e. The summed E-state index contributed by atoms with van der Waals surface area (Å²) in [5.41, 5.74) is 1.22. The van der Waals surface area contributed by atoms with Crippen molar-refractivity contribution in [3.63, 3.8) is 0 Å². The van der Waals surface area contributed by atoms with Gasteiger partial charge in [0, 0.05) is 17.5 Å². The van der Waals surface area contributed by atoms with Crippen LogP contribution in [0.4, 0.5) is 0 Å². The van der Waals surface area contributed by atoms with Crippen molar-refractivity contribution in [1.82, 2.24) is 10.2 Å². The van der Waals surface area contributed by atoms with Gasteiger partial charge in [0.25, 0.3) is 0 Å². The Labute approximate surface area is 150 Å². The predicted octanol–water partition coefficient (Wildman–Crippen LogP) is 4.06. The topological polar surface area (TPSA) is 32.3 Å². The minimum Gasteiger partial charge on any atom is -0.335 e. The normalized spacial score (nSPS) is 23.4. The average Bonchev–Trinajstić information content (AvgIpc) is 2.71. The van der Waals surface area contributed by atoms with Crippen LogP contribution in [0.5, 0.6) is 0 Å². The van der Waals surface area contributed by atoms with Crippen LogP contribution in [-0.4, -0.2) is 30.4 Å². The van der Waals surface area contributed by atoms with Crippen LogP contribution < -0.4 is 5.32 Å². The van der Waals surface area contributed by atoms with E-state index in [0.29, 0.717) is 11.8 Å². The second kappa shape index (κ2) is 8.36. The van der Waals surface area contributed by atoms with Crippen molar-refractivity contribution in [2.24, 2.45) is 11.8 Å². The molecule has 1 amide bonds. The van der Waals surface area contributed by atoms with Crippen molar-refractivity contribution in [3.8, 4) is 0 Å². The zero-order chi connectivity index (χ0) is 15.5. The Balaban J connectivity index is 0.00000192. The Morgan fingerprint density at radius 1 is 1.22 bits per heavy atom. The molecule has 5 heteroatoms. The van der Waals surface area contributed by atoms with E-state index in [9.17, 15) is 4.79 Å². The van der Waals surface area contributed by atoms with E-state index in [1.807, 2.05) is 12.1 Å². The molecule has 0 radical (unpaired) electrons. The number of benzene rings is 1. The van der Waals surface area contributed by atoms with Crippen LogP contribution in [0.3, 0.4) is 0 Å². The van der Waals surface area contributed by atoms with Gasteiger partial charge in [0.2, 0.25) is 5.91 Å². The molecule has 1 aromatic rings. The van der Waals surface area contributed by atoms with Gasteiger partial charge < -0.3 is 10.2 Å². The number of carbonyl (C=O) groups excluding carboxylic acids is 1. The molecule has 1 aromatic carbocycles. The first kappa shape index (κ1) is 18.6. The van der Waals surface area contributed by atoms with Gasteiger partial charge in [0.15, 0.2) is 0 Å². The highest BCUT2D eigenvalue weighted by atomic mass is 35.5. The Morgan fingerprint density at radius 2 is 1.91 bits per heavy atom. The second-order valence-corrected chi connectivity index (χ2v) is 7.09. The van der Waals surface area contributed by atoms with Gasteiger partial charge in [-0.2, -0.15) is 0 Å². The van der Waals surface area contributed by atoms with Crippen LogP contribution in [0.2, 0.25) is 5.02 Å². The molecule has 2 aliphatic rings. The molecular formula is C18H26Cl2N2O. The number of rotatable bonds is 3. The summed E-state index contributed by atoms with van der Waals surface area (Å²) in [6.07, 6.45) is 4.58. The molecule has 2 atom stereocenters. The summed E-state index contributed by atoms with van der Waals surface area (Å²) in [6.45, 7) is 4.94. The van der Waals surface area contributed by atoms with Crippen molar-refractivity contribution in [2.75, 3.05) is 19.6 Å². The van der Waals surface area contributed by atoms with Crippen molar-refractivity contribution in [3.05, 3.63) is 34.9 Å². The van der Waals surface area contributed by atoms with E-state index in [1.165, 1.54) is 18.4 Å². The lowest BCUT2D eigenvalue weighted by atomic mass is 9.87. The molecule has 23 heavy (non-hydrogen) atoms. The number of carbonyl (C=O) groups is 1. The molecule has 0 bridgehead atoms. The van der Waals surface area contributed by atoms with E-state index in [4.69, 9.17) is 11.6 Å². The Hall–Kier alpha value is -0.770. The van der Waals surface area contributed by atoms with E-state index >= 15 is 0 Å². The first-order chi connectivity index (χ1) is 10.7. The molecule has 3 nitrogen and oxygen atoms in total. The molecule has 0 saturated carbocycles. The largest absolute Gasteiger partial charge is 0.335 e. The number of hydrogen-bond donors (Lipinski definition) is 1. The maximum Gasteiger partial charge on any atom is 0.226 e. The van der Waals surface area contributed by atoms with Crippen LogP contribution in [0.25, 0.3) is 0 Å². The van der Waals surface area contributed by atoms with Gasteiger partial charge >= 0.3 is 0 Å². The molecule has 128 valence electrons. The highest BCUT2D eigenvalue weighted by Crippen LogP contribution is 2.33. The van der Waals surface area contributed by atoms with E-state index in [2.05, 4.69) is 29.3 Å². The SMILES string of the molecule is CC(C(=O)N1CCCCCC1c1ccc(Cl)cc1)C1CNC1.Cl. The lowest BCUT2D eigenvalue weighted by Gasteiger charge is -2.38. The van der Waals surface area contributed by atoms with Crippen molar-refractivity contribution < 1.29 is 4.79 Å². The number of hydrogen-bond acceptors (Lipinski definition) is 2. The maximum absolute atomic E-state index is 13.0. The summed E-state index contributed by atoms with van der Waals surface area (Å²) in [4.78, 5) is 15.1. The third kappa shape index (κ3) is 4.20. The monoisotopic (exact) mass is 356 g/mol. The second-order valence-electron chi connectivity index (χ2n) is 6.66. The van der Waals surface area contributed by atoms with Crippen molar-refractivity contribution >= 4 is 29.9 Å². The predicted molar refractivity (Wildman–Crippen MR) is 97.1 cm³/mol. The zero-order valence-corrected chi connectivity index (χ0v) is 15.2. The average molecular weight is 357 g/mol. The summed E-state index contributed by atoms with van der Waals surface area (Å²) in [6, 6.07) is 8.23. The molecule has 0 spiro atoms. The molecule has 0 aliphatic carbocycles. The van der Waals surface area contributed by atoms with Crippen LogP contribution in [0.1, 0.15) is 44.2 Å². The number of amides is 1. The minimum atomic E-state index is 0. The quantitative estimate of drug-likeness (QED) is 0.885. The number of nitrogens with zero attached hydrogens (tertiary/aromatic N) is 1. The van der Waals surface area contributed by atoms with Gasteiger partial charge in [-0.15, -0.1) is 12.4 Å². The summed E-state index contributed by atoms with van der Waals surface area (Å²) in [7, 11) is 0. The van der Waals surface area contributed by atoms with Gasteiger partial charge in [0.05, 0.1) is 6.04 Å². The fraction of sp³-hybridized carbons (Fsp3) is 0.611. The van der Waals surface area contributed by atoms with E-state index in [0.717, 1.165) is 37.5 Å². The summed E-state index contributed by atoms with van der Waals surface area (Å²) in [5, 5.41) is 4.03. The number of likely N-dealkylation sites (tertiary alicyclic amines) is 1. The molecule has 2 unspecified atom stereocenters. The van der Waals surface area contributed by atoms with Gasteiger partial charge in [-0.05, 0) is 49.5 Å². The maximum atomic E-state index is 13.0. The highest BCUT2D eigenvalue weighted by Gasteiger charge is 2.35. The first-order valence-corrected chi connectivity index (χ1v) is 8.81. The summed E-state index contributed by atoms with van der Waals surface area (Å²) < 4.78 is 0. The molecule has 2 heterocycles. The minimum absolute atomic E-state index is 0. The summed E-state index contributed by atoms with van der Waals surface area (Å²) in [5.74, 6) is 0.948. The van der Waals surface area contributed by atoms with Crippen LogP contribution in [0.15, 0.2) is 24.3 Å². The number of nitrogens with one attached hydrogen (secondary N) is 1. The lowest BCUT2D eigenvalue weighted by molar-refractivity contribution is -0.140. The van der Waals surface area contributed by atoms with Crippen molar-refractivity contribution in [1.29, 1.82) is 0 Å². The first-order valence-electron chi connectivity index (χ1n) is 8.43. The third-order valence-corrected chi connectivity index (χ3v) is 5.45. The van der Waals surface area contributed by atoms with E-state index < -0.39 is 0 Å². The van der Waals surface area contributed by atoms with Crippen LogP contribution in [-0.2, 0) is 4.79 Å². The zero-order valence-electron chi connectivity index (χ0n) is 13.6. The fourth-order valence-corrected chi connectivity index (χ4v) is 3.66. The van der Waals surface area contributed by atoms with Gasteiger partial charge in [-0.3, -0.25) is 4.79 Å². The van der Waals surface area contributed by atoms with Crippen molar-refractivity contribution in [2.45, 2.75) is 38.6 Å². The van der Waals surface area contributed by atoms with Crippen LogP contribution in [0, 0.1) is 11.8 Å². The number of halogens is 2. The molecule has 2 saturated heterocycles. The molecule has 0 aromatic heterocycles. The van der Waals surface area contributed by atoms with E-state index in [1.54, 1.807) is 0 Å². The molecule has 2 fully saturated rings. The standard InChI is InChI=1S/C18H25ClN2O.ClH/c1-13(15-11-20-12-15)18(22)21-10-4-2-3-5-17(21)14-6-8-16(19)9-7-14;/h6-9,13,15,17,20H,2-5,10-12H2,1H3;1H. The molecule has 2 aliphatic heterocycles. The molecule has 3 rings (SSSR count). The lowest BCUT2D eigenvalue weighted by Crippen LogP contribution is -2.51.